The van der Waals surface area contributed by atoms with Crippen molar-refractivity contribution in [1.29, 1.82) is 0 Å². The lowest BCUT2D eigenvalue weighted by atomic mass is 10.0. The molecule has 5 heteroatoms. The summed E-state index contributed by atoms with van der Waals surface area (Å²) in [5.74, 6) is 1.08. The van der Waals surface area contributed by atoms with E-state index in [9.17, 15) is 9.18 Å². The van der Waals surface area contributed by atoms with E-state index in [-0.39, 0.29) is 11.9 Å². The molecule has 21 heavy (non-hydrogen) atoms. The molecule has 1 atom stereocenters. The van der Waals surface area contributed by atoms with Gasteiger partial charge in [-0.05, 0) is 42.3 Å². The Morgan fingerprint density at radius 2 is 2.05 bits per heavy atom. The highest BCUT2D eigenvalue weighted by atomic mass is 32.2. The van der Waals surface area contributed by atoms with Gasteiger partial charge in [0.2, 0.25) is 0 Å². The molecule has 2 aromatic rings. The Balaban J connectivity index is 1.71. The maximum atomic E-state index is 13.4. The molecule has 1 amide bonds. The van der Waals surface area contributed by atoms with E-state index in [0.717, 1.165) is 22.6 Å². The summed E-state index contributed by atoms with van der Waals surface area (Å²) in [6.45, 7) is 0. The number of benzene rings is 2. The van der Waals surface area contributed by atoms with Crippen LogP contribution in [0.4, 0.5) is 9.18 Å². The number of fused-ring (bicyclic) bond motifs is 1. The third kappa shape index (κ3) is 3.36. The molecule has 0 fully saturated rings. The van der Waals surface area contributed by atoms with E-state index >= 15 is 0 Å². The van der Waals surface area contributed by atoms with Crippen LogP contribution in [0.2, 0.25) is 0 Å². The number of thioether (sulfide) groups is 1. The van der Waals surface area contributed by atoms with Crippen molar-refractivity contribution in [2.75, 3.05) is 5.75 Å². The van der Waals surface area contributed by atoms with Gasteiger partial charge in [0.1, 0.15) is 11.6 Å². The maximum Gasteiger partial charge on any atom is 0.413 e. The number of hydrogen-bond acceptors (Lipinski definition) is 3. The Kier molecular flexibility index (Phi) is 4.10. The zero-order chi connectivity index (χ0) is 14.7. The average molecular weight is 303 g/mol. The minimum atomic E-state index is -0.520. The first-order chi connectivity index (χ1) is 10.2. The summed E-state index contributed by atoms with van der Waals surface area (Å²) in [5.41, 5.74) is 0.816. The molecule has 0 saturated heterocycles. The van der Waals surface area contributed by atoms with Gasteiger partial charge in [0.25, 0.3) is 0 Å². The van der Waals surface area contributed by atoms with Crippen molar-refractivity contribution in [2.24, 2.45) is 0 Å². The van der Waals surface area contributed by atoms with Crippen molar-refractivity contribution in [2.45, 2.75) is 17.4 Å². The monoisotopic (exact) mass is 303 g/mol. The van der Waals surface area contributed by atoms with Gasteiger partial charge in [-0.25, -0.2) is 9.18 Å². The lowest BCUT2D eigenvalue weighted by Crippen LogP contribution is -2.33. The number of carbonyl (C=O) groups is 1. The minimum Gasteiger partial charge on any atom is -0.410 e. The fourth-order valence-corrected chi connectivity index (χ4v) is 3.39. The van der Waals surface area contributed by atoms with Crippen molar-refractivity contribution < 1.29 is 13.9 Å². The Labute approximate surface area is 126 Å². The predicted octanol–water partition coefficient (Wildman–Crippen LogP) is 4.15. The molecular formula is C16H14FNO2S. The largest absolute Gasteiger partial charge is 0.413 e. The number of nitrogens with one attached hydrogen (secondary N) is 1. The highest BCUT2D eigenvalue weighted by Crippen LogP contribution is 2.36. The molecule has 2 aromatic carbocycles. The van der Waals surface area contributed by atoms with Gasteiger partial charge in [-0.2, -0.15) is 0 Å². The number of amides is 1. The van der Waals surface area contributed by atoms with Crippen LogP contribution in [0.5, 0.6) is 5.75 Å². The molecule has 0 aromatic heterocycles. The van der Waals surface area contributed by atoms with E-state index in [2.05, 4.69) is 5.32 Å². The van der Waals surface area contributed by atoms with Gasteiger partial charge in [0.05, 0.1) is 6.04 Å². The van der Waals surface area contributed by atoms with Crippen LogP contribution >= 0.6 is 11.8 Å². The number of halogens is 1. The highest BCUT2D eigenvalue weighted by molar-refractivity contribution is 7.99. The van der Waals surface area contributed by atoms with Crippen molar-refractivity contribution in [1.82, 2.24) is 5.32 Å². The molecule has 0 radical (unpaired) electrons. The maximum absolute atomic E-state index is 13.4. The van der Waals surface area contributed by atoms with Crippen LogP contribution in [-0.4, -0.2) is 11.8 Å². The summed E-state index contributed by atoms with van der Waals surface area (Å²) >= 11 is 1.67. The third-order valence-electron chi connectivity index (χ3n) is 3.26. The van der Waals surface area contributed by atoms with Crippen LogP contribution in [0.3, 0.4) is 0 Å². The first-order valence-corrected chi connectivity index (χ1v) is 7.66. The molecule has 1 unspecified atom stereocenters. The molecule has 0 spiro atoms. The predicted molar refractivity (Wildman–Crippen MR) is 80.1 cm³/mol. The van der Waals surface area contributed by atoms with Crippen LogP contribution in [-0.2, 0) is 0 Å². The SMILES string of the molecule is O=C(NC1CCSc2ccc(F)cc21)Oc1ccccc1. The van der Waals surface area contributed by atoms with Crippen LogP contribution in [0.25, 0.3) is 0 Å². The molecule has 0 aliphatic carbocycles. The molecule has 3 nitrogen and oxygen atoms in total. The van der Waals surface area contributed by atoms with E-state index in [0.29, 0.717) is 5.75 Å². The van der Waals surface area contributed by atoms with Gasteiger partial charge in [0, 0.05) is 10.6 Å². The molecule has 1 aliphatic heterocycles. The normalized spacial score (nSPS) is 16.9. The molecule has 108 valence electrons. The quantitative estimate of drug-likeness (QED) is 0.905. The van der Waals surface area contributed by atoms with Crippen molar-refractivity contribution >= 4 is 17.9 Å². The summed E-state index contributed by atoms with van der Waals surface area (Å²) in [6.07, 6.45) is 0.235. The van der Waals surface area contributed by atoms with Gasteiger partial charge >= 0.3 is 6.09 Å². The smallest absolute Gasteiger partial charge is 0.410 e. The van der Waals surface area contributed by atoms with Crippen molar-refractivity contribution in [3.05, 3.63) is 59.9 Å². The van der Waals surface area contributed by atoms with Crippen LogP contribution < -0.4 is 10.1 Å². The minimum absolute atomic E-state index is 0.215. The second-order valence-corrected chi connectivity index (χ2v) is 5.86. The first-order valence-electron chi connectivity index (χ1n) is 6.68. The number of carbonyl (C=O) groups excluding carboxylic acids is 1. The Morgan fingerprint density at radius 1 is 1.24 bits per heavy atom. The zero-order valence-corrected chi connectivity index (χ0v) is 12.0. The number of rotatable bonds is 2. The van der Waals surface area contributed by atoms with Crippen LogP contribution in [0.1, 0.15) is 18.0 Å². The number of para-hydroxylation sites is 1. The summed E-state index contributed by atoms with van der Waals surface area (Å²) in [5, 5.41) is 2.81. The summed E-state index contributed by atoms with van der Waals surface area (Å²) in [6, 6.07) is 13.3. The Bertz CT molecular complexity index is 648. The number of ether oxygens (including phenoxy) is 1. The Morgan fingerprint density at radius 3 is 2.86 bits per heavy atom. The average Bonchev–Trinajstić information content (AvgIpc) is 2.49. The van der Waals surface area contributed by atoms with Gasteiger partial charge in [0.15, 0.2) is 0 Å². The van der Waals surface area contributed by atoms with E-state index < -0.39 is 6.09 Å². The molecular weight excluding hydrogens is 289 g/mol. The van der Waals surface area contributed by atoms with Gasteiger partial charge < -0.3 is 10.1 Å². The second-order valence-electron chi connectivity index (χ2n) is 4.72. The summed E-state index contributed by atoms with van der Waals surface area (Å²) < 4.78 is 18.6. The van der Waals surface area contributed by atoms with Gasteiger partial charge in [-0.1, -0.05) is 18.2 Å². The second kappa shape index (κ2) is 6.18. The topological polar surface area (TPSA) is 38.3 Å². The van der Waals surface area contributed by atoms with Gasteiger partial charge in [-0.15, -0.1) is 11.8 Å². The summed E-state index contributed by atoms with van der Waals surface area (Å²) in [4.78, 5) is 12.9. The van der Waals surface area contributed by atoms with E-state index in [4.69, 9.17) is 4.74 Å². The zero-order valence-electron chi connectivity index (χ0n) is 11.2. The van der Waals surface area contributed by atoms with Crippen molar-refractivity contribution in [3.63, 3.8) is 0 Å². The molecule has 1 aliphatic rings. The number of hydrogen-bond donors (Lipinski definition) is 1. The Hall–Kier alpha value is -2.01. The van der Waals surface area contributed by atoms with Crippen LogP contribution in [0.15, 0.2) is 53.4 Å². The lowest BCUT2D eigenvalue weighted by Gasteiger charge is -2.25. The van der Waals surface area contributed by atoms with E-state index in [1.54, 1.807) is 42.1 Å². The summed E-state index contributed by atoms with van der Waals surface area (Å²) in [7, 11) is 0. The standard InChI is InChI=1S/C16H14FNO2S/c17-11-6-7-15-13(10-11)14(8-9-21-15)18-16(19)20-12-4-2-1-3-5-12/h1-7,10,14H,8-9H2,(H,18,19). The highest BCUT2D eigenvalue weighted by Gasteiger charge is 2.23. The van der Waals surface area contributed by atoms with E-state index in [1.807, 2.05) is 6.07 Å². The van der Waals surface area contributed by atoms with Gasteiger partial charge in [-0.3, -0.25) is 0 Å². The van der Waals surface area contributed by atoms with Crippen LogP contribution in [0, 0.1) is 5.82 Å². The van der Waals surface area contributed by atoms with E-state index in [1.165, 1.54) is 12.1 Å². The molecule has 1 heterocycles. The fourth-order valence-electron chi connectivity index (χ4n) is 2.28. The fraction of sp³-hybridized carbons (Fsp3) is 0.188. The molecule has 0 bridgehead atoms. The third-order valence-corrected chi connectivity index (χ3v) is 4.38. The van der Waals surface area contributed by atoms with Crippen molar-refractivity contribution in [3.8, 4) is 5.75 Å². The first kappa shape index (κ1) is 13.9. The molecule has 3 rings (SSSR count). The molecule has 0 saturated carbocycles. The lowest BCUT2D eigenvalue weighted by molar-refractivity contribution is 0.195. The molecule has 1 N–H and O–H groups in total.